The summed E-state index contributed by atoms with van der Waals surface area (Å²) in [7, 11) is 0. The number of rotatable bonds is 5. The van der Waals surface area contributed by atoms with Crippen molar-refractivity contribution in [3.05, 3.63) is 47.4 Å². The number of aromatic nitrogens is 3. The maximum absolute atomic E-state index is 4.11. The van der Waals surface area contributed by atoms with Crippen LogP contribution in [0.1, 0.15) is 18.9 Å². The van der Waals surface area contributed by atoms with Gasteiger partial charge in [-0.2, -0.15) is 0 Å². The van der Waals surface area contributed by atoms with Crippen molar-refractivity contribution in [3.63, 3.8) is 0 Å². The third kappa shape index (κ3) is 3.64. The van der Waals surface area contributed by atoms with Gasteiger partial charge in [-0.05, 0) is 18.1 Å². The van der Waals surface area contributed by atoms with Crippen molar-refractivity contribution in [2.45, 2.75) is 19.8 Å². The van der Waals surface area contributed by atoms with Crippen LogP contribution in [0, 0.1) is 0 Å². The van der Waals surface area contributed by atoms with Gasteiger partial charge in [0.2, 0.25) is 5.13 Å². The first-order valence-corrected chi connectivity index (χ1v) is 6.37. The van der Waals surface area contributed by atoms with Crippen LogP contribution in [0.3, 0.4) is 0 Å². The standard InChI is InChI=1S/C12H14N4S/c1-2-4-11(15-12-16-14-9-17-12)7-10-5-3-6-13-8-10/h3-6,8-9H,2,7H2,1H3,(H,15,16)/b11-4+. The van der Waals surface area contributed by atoms with E-state index in [0.717, 1.165) is 23.7 Å². The second kappa shape index (κ2) is 6.10. The number of pyridine rings is 1. The van der Waals surface area contributed by atoms with Crippen molar-refractivity contribution in [1.82, 2.24) is 15.2 Å². The van der Waals surface area contributed by atoms with E-state index in [2.05, 4.69) is 39.6 Å². The molecule has 2 heterocycles. The molecule has 2 aromatic rings. The van der Waals surface area contributed by atoms with Gasteiger partial charge in [0.1, 0.15) is 5.51 Å². The molecular formula is C12H14N4S. The van der Waals surface area contributed by atoms with Crippen molar-refractivity contribution in [2.75, 3.05) is 5.32 Å². The van der Waals surface area contributed by atoms with Crippen LogP contribution in [0.25, 0.3) is 0 Å². The molecule has 0 spiro atoms. The van der Waals surface area contributed by atoms with Gasteiger partial charge in [0.05, 0.1) is 0 Å². The molecule has 0 saturated carbocycles. The second-order valence-corrected chi connectivity index (χ2v) is 4.38. The molecule has 0 aliphatic heterocycles. The van der Waals surface area contributed by atoms with Gasteiger partial charge >= 0.3 is 0 Å². The van der Waals surface area contributed by atoms with Crippen LogP contribution in [0.4, 0.5) is 5.13 Å². The van der Waals surface area contributed by atoms with Crippen LogP contribution in [0.2, 0.25) is 0 Å². The molecule has 0 amide bonds. The predicted molar refractivity (Wildman–Crippen MR) is 69.8 cm³/mol. The van der Waals surface area contributed by atoms with Gasteiger partial charge in [-0.15, -0.1) is 10.2 Å². The van der Waals surface area contributed by atoms with E-state index in [-0.39, 0.29) is 0 Å². The van der Waals surface area contributed by atoms with Gasteiger partial charge < -0.3 is 5.32 Å². The van der Waals surface area contributed by atoms with E-state index in [1.165, 1.54) is 16.9 Å². The Labute approximate surface area is 104 Å². The Bertz CT molecular complexity index is 465. The fourth-order valence-corrected chi connectivity index (χ4v) is 1.98. The summed E-state index contributed by atoms with van der Waals surface area (Å²) in [5.41, 5.74) is 4.04. The number of hydrogen-bond donors (Lipinski definition) is 1. The molecule has 4 nitrogen and oxygen atoms in total. The summed E-state index contributed by atoms with van der Waals surface area (Å²) in [5, 5.41) is 11.9. The number of nitrogens with one attached hydrogen (secondary N) is 1. The average molecular weight is 246 g/mol. The van der Waals surface area contributed by atoms with E-state index >= 15 is 0 Å². The van der Waals surface area contributed by atoms with Crippen LogP contribution in [-0.4, -0.2) is 15.2 Å². The summed E-state index contributed by atoms with van der Waals surface area (Å²) in [4.78, 5) is 4.11. The lowest BCUT2D eigenvalue weighted by Gasteiger charge is -2.07. The van der Waals surface area contributed by atoms with E-state index in [1.54, 1.807) is 11.7 Å². The van der Waals surface area contributed by atoms with E-state index in [9.17, 15) is 0 Å². The molecule has 0 fully saturated rings. The quantitative estimate of drug-likeness (QED) is 0.881. The Kier molecular flexibility index (Phi) is 4.21. The fraction of sp³-hybridized carbons (Fsp3) is 0.250. The molecule has 0 bridgehead atoms. The highest BCUT2D eigenvalue weighted by atomic mass is 32.1. The van der Waals surface area contributed by atoms with Crippen molar-refractivity contribution in [3.8, 4) is 0 Å². The molecule has 0 aromatic carbocycles. The SMILES string of the molecule is CC/C=C(\Cc1cccnc1)Nc1nncs1. The molecule has 0 atom stereocenters. The minimum Gasteiger partial charge on any atom is -0.334 e. The maximum atomic E-state index is 4.11. The summed E-state index contributed by atoms with van der Waals surface area (Å²) in [6.45, 7) is 2.12. The molecule has 0 saturated heterocycles. The van der Waals surface area contributed by atoms with Gasteiger partial charge in [-0.25, -0.2) is 0 Å². The molecule has 0 aliphatic rings. The van der Waals surface area contributed by atoms with Crippen LogP contribution in [0.15, 0.2) is 41.8 Å². The highest BCUT2D eigenvalue weighted by Crippen LogP contribution is 2.15. The second-order valence-electron chi connectivity index (χ2n) is 3.54. The molecule has 0 aliphatic carbocycles. The Morgan fingerprint density at radius 1 is 1.53 bits per heavy atom. The van der Waals surface area contributed by atoms with Gasteiger partial charge in [0.15, 0.2) is 0 Å². The lowest BCUT2D eigenvalue weighted by atomic mass is 10.1. The number of hydrogen-bond acceptors (Lipinski definition) is 5. The first-order valence-electron chi connectivity index (χ1n) is 5.49. The van der Waals surface area contributed by atoms with Crippen molar-refractivity contribution >= 4 is 16.5 Å². The van der Waals surface area contributed by atoms with Gasteiger partial charge in [-0.3, -0.25) is 4.98 Å². The topological polar surface area (TPSA) is 50.7 Å². The predicted octanol–water partition coefficient (Wildman–Crippen LogP) is 2.88. The van der Waals surface area contributed by atoms with Crippen LogP contribution >= 0.6 is 11.3 Å². The lowest BCUT2D eigenvalue weighted by molar-refractivity contribution is 1.04. The molecule has 88 valence electrons. The highest BCUT2D eigenvalue weighted by molar-refractivity contribution is 7.13. The zero-order chi connectivity index (χ0) is 11.9. The molecule has 0 radical (unpaired) electrons. The molecule has 5 heteroatoms. The van der Waals surface area contributed by atoms with Crippen molar-refractivity contribution in [1.29, 1.82) is 0 Å². The largest absolute Gasteiger partial charge is 0.334 e. The zero-order valence-corrected chi connectivity index (χ0v) is 10.4. The molecule has 17 heavy (non-hydrogen) atoms. The fourth-order valence-electron chi connectivity index (χ4n) is 1.50. The molecule has 0 unspecified atom stereocenters. The normalized spacial score (nSPS) is 11.5. The van der Waals surface area contributed by atoms with Gasteiger partial charge in [0, 0.05) is 24.5 Å². The van der Waals surface area contributed by atoms with E-state index in [0.29, 0.717) is 0 Å². The zero-order valence-electron chi connectivity index (χ0n) is 9.63. The first-order chi connectivity index (χ1) is 8.38. The number of anilines is 1. The summed E-state index contributed by atoms with van der Waals surface area (Å²) in [6.07, 6.45) is 7.65. The third-order valence-corrected chi connectivity index (χ3v) is 2.80. The van der Waals surface area contributed by atoms with Crippen LogP contribution in [0.5, 0.6) is 0 Å². The minimum absolute atomic E-state index is 0.827. The highest BCUT2D eigenvalue weighted by Gasteiger charge is 2.02. The molecule has 2 aromatic heterocycles. The Hall–Kier alpha value is -1.75. The number of nitrogens with zero attached hydrogens (tertiary/aromatic N) is 3. The van der Waals surface area contributed by atoms with E-state index < -0.39 is 0 Å². The van der Waals surface area contributed by atoms with Crippen LogP contribution < -0.4 is 5.32 Å². The van der Waals surface area contributed by atoms with Crippen LogP contribution in [-0.2, 0) is 6.42 Å². The smallest absolute Gasteiger partial charge is 0.209 e. The Morgan fingerprint density at radius 3 is 3.12 bits per heavy atom. The minimum atomic E-state index is 0.827. The average Bonchev–Trinajstić information content (AvgIpc) is 2.83. The molecular weight excluding hydrogens is 232 g/mol. The first kappa shape index (κ1) is 11.7. The molecule has 1 N–H and O–H groups in total. The Morgan fingerprint density at radius 2 is 2.47 bits per heavy atom. The summed E-state index contributed by atoms with van der Waals surface area (Å²) in [5.74, 6) is 0. The maximum Gasteiger partial charge on any atom is 0.209 e. The van der Waals surface area contributed by atoms with E-state index in [1.807, 2.05) is 12.3 Å². The lowest BCUT2D eigenvalue weighted by Crippen LogP contribution is -2.03. The van der Waals surface area contributed by atoms with Crippen molar-refractivity contribution < 1.29 is 0 Å². The van der Waals surface area contributed by atoms with Crippen molar-refractivity contribution in [2.24, 2.45) is 0 Å². The summed E-state index contributed by atoms with van der Waals surface area (Å²) < 4.78 is 0. The summed E-state index contributed by atoms with van der Waals surface area (Å²) >= 11 is 1.50. The third-order valence-electron chi connectivity index (χ3n) is 2.20. The summed E-state index contributed by atoms with van der Waals surface area (Å²) in [6, 6.07) is 4.02. The molecule has 2 rings (SSSR count). The van der Waals surface area contributed by atoms with E-state index in [4.69, 9.17) is 0 Å². The monoisotopic (exact) mass is 246 g/mol. The number of allylic oxidation sites excluding steroid dienone is 2. The Balaban J connectivity index is 2.06. The van der Waals surface area contributed by atoms with Gasteiger partial charge in [0.25, 0.3) is 0 Å². The van der Waals surface area contributed by atoms with Gasteiger partial charge in [-0.1, -0.05) is 30.4 Å².